The van der Waals surface area contributed by atoms with Crippen LogP contribution in [0.4, 0.5) is 11.5 Å². The van der Waals surface area contributed by atoms with E-state index in [1.54, 1.807) is 24.3 Å². The van der Waals surface area contributed by atoms with Crippen molar-refractivity contribution < 1.29 is 13.3 Å². The van der Waals surface area contributed by atoms with Gasteiger partial charge in [-0.3, -0.25) is 4.72 Å². The van der Waals surface area contributed by atoms with E-state index in [4.69, 9.17) is 0 Å². The highest BCUT2D eigenvalue weighted by atomic mass is 32.2. The van der Waals surface area contributed by atoms with Crippen molar-refractivity contribution in [3.05, 3.63) is 52.5 Å². The first-order valence-corrected chi connectivity index (χ1v) is 7.46. The van der Waals surface area contributed by atoms with Crippen LogP contribution in [0.2, 0.25) is 0 Å². The Kier molecular flexibility index (Phi) is 3.70. The molecule has 20 heavy (non-hydrogen) atoms. The Morgan fingerprint density at radius 3 is 2.70 bits per heavy atom. The van der Waals surface area contributed by atoms with Crippen molar-refractivity contribution in [1.29, 1.82) is 0 Å². The normalized spacial score (nSPS) is 11.2. The fraction of sp³-hybridized carbons (Fsp3) is 0.182. The van der Waals surface area contributed by atoms with Gasteiger partial charge in [0.15, 0.2) is 0 Å². The van der Waals surface area contributed by atoms with Gasteiger partial charge in [0.25, 0.3) is 0 Å². The second-order valence-corrected chi connectivity index (χ2v) is 5.94. The second-order valence-electron chi connectivity index (χ2n) is 4.19. The lowest BCUT2D eigenvalue weighted by molar-refractivity contribution is -0.389. The molecular formula is C11H12N4O4S. The summed E-state index contributed by atoms with van der Waals surface area (Å²) in [7, 11) is -3.38. The summed E-state index contributed by atoms with van der Waals surface area (Å²) in [4.78, 5) is 13.6. The summed E-state index contributed by atoms with van der Waals surface area (Å²) in [6.07, 6.45) is 3.68. The number of nitrogens with one attached hydrogen (secondary N) is 1. The third-order valence-electron chi connectivity index (χ3n) is 2.47. The van der Waals surface area contributed by atoms with Crippen LogP contribution in [-0.2, 0) is 16.6 Å². The topological polar surface area (TPSA) is 107 Å². The highest BCUT2D eigenvalue weighted by molar-refractivity contribution is 7.92. The van der Waals surface area contributed by atoms with Crippen LogP contribution in [0.3, 0.4) is 0 Å². The van der Waals surface area contributed by atoms with Crippen LogP contribution in [0.1, 0.15) is 5.56 Å². The van der Waals surface area contributed by atoms with E-state index in [0.717, 1.165) is 6.26 Å². The van der Waals surface area contributed by atoms with E-state index in [-0.39, 0.29) is 12.4 Å². The standard InChI is InChI=1S/C11H12N4O4S/c1-20(18,19)13-10-5-3-2-4-9(10)6-14-7-11(12-8-14)15(16)17/h2-5,7-8,13H,6H2,1H3. The van der Waals surface area contributed by atoms with E-state index < -0.39 is 14.9 Å². The minimum absolute atomic E-state index is 0.251. The molecule has 0 aliphatic rings. The Hall–Kier alpha value is -2.42. The molecule has 8 nitrogen and oxygen atoms in total. The average Bonchev–Trinajstić information content (AvgIpc) is 2.78. The monoisotopic (exact) mass is 296 g/mol. The molecule has 2 rings (SSSR count). The predicted molar refractivity (Wildman–Crippen MR) is 72.9 cm³/mol. The SMILES string of the molecule is CS(=O)(=O)Nc1ccccc1Cn1cnc([N+](=O)[O-])c1. The lowest BCUT2D eigenvalue weighted by Crippen LogP contribution is -2.12. The van der Waals surface area contributed by atoms with Crippen molar-refractivity contribution in [3.63, 3.8) is 0 Å². The molecule has 0 radical (unpaired) electrons. The van der Waals surface area contributed by atoms with E-state index in [1.165, 1.54) is 17.1 Å². The number of benzene rings is 1. The molecule has 0 saturated heterocycles. The first-order valence-electron chi connectivity index (χ1n) is 5.57. The molecule has 1 N–H and O–H groups in total. The maximum absolute atomic E-state index is 11.3. The fourth-order valence-corrected chi connectivity index (χ4v) is 2.28. The zero-order chi connectivity index (χ0) is 14.8. The van der Waals surface area contributed by atoms with Gasteiger partial charge in [-0.05, 0) is 21.5 Å². The fourth-order valence-electron chi connectivity index (χ4n) is 1.68. The molecule has 0 bridgehead atoms. The number of hydrogen-bond donors (Lipinski definition) is 1. The summed E-state index contributed by atoms with van der Waals surface area (Å²) >= 11 is 0. The van der Waals surface area contributed by atoms with Gasteiger partial charge in [0.1, 0.15) is 6.20 Å². The summed E-state index contributed by atoms with van der Waals surface area (Å²) in [6, 6.07) is 6.82. The molecule has 0 saturated carbocycles. The molecule has 0 fully saturated rings. The van der Waals surface area contributed by atoms with Crippen LogP contribution in [0.25, 0.3) is 0 Å². The number of rotatable bonds is 5. The quantitative estimate of drug-likeness (QED) is 0.659. The van der Waals surface area contributed by atoms with Gasteiger partial charge in [0.2, 0.25) is 16.4 Å². The first kappa shape index (κ1) is 14.0. The molecule has 106 valence electrons. The van der Waals surface area contributed by atoms with Crippen LogP contribution in [-0.4, -0.2) is 29.1 Å². The first-order chi connectivity index (χ1) is 9.35. The van der Waals surface area contributed by atoms with Crippen LogP contribution in [0.5, 0.6) is 0 Å². The molecular weight excluding hydrogens is 284 g/mol. The van der Waals surface area contributed by atoms with Gasteiger partial charge >= 0.3 is 5.82 Å². The van der Waals surface area contributed by atoms with Gasteiger partial charge < -0.3 is 14.7 Å². The summed E-state index contributed by atoms with van der Waals surface area (Å²) in [6.45, 7) is 0.277. The third kappa shape index (κ3) is 3.54. The smallest absolute Gasteiger partial charge is 0.358 e. The molecule has 1 aromatic heterocycles. The molecule has 0 atom stereocenters. The second kappa shape index (κ2) is 5.29. The average molecular weight is 296 g/mol. The number of anilines is 1. The van der Waals surface area contributed by atoms with Crippen molar-refractivity contribution in [1.82, 2.24) is 9.55 Å². The van der Waals surface area contributed by atoms with Crippen LogP contribution in [0.15, 0.2) is 36.8 Å². The summed E-state index contributed by atoms with van der Waals surface area (Å²) in [5, 5.41) is 10.6. The van der Waals surface area contributed by atoms with Crippen LogP contribution < -0.4 is 4.72 Å². The van der Waals surface area contributed by atoms with Gasteiger partial charge in [-0.25, -0.2) is 8.42 Å². The van der Waals surface area contributed by atoms with E-state index in [1.807, 2.05) is 0 Å². The van der Waals surface area contributed by atoms with E-state index in [0.29, 0.717) is 11.3 Å². The lowest BCUT2D eigenvalue weighted by atomic mass is 10.2. The third-order valence-corrected chi connectivity index (χ3v) is 3.06. The van der Waals surface area contributed by atoms with E-state index in [2.05, 4.69) is 9.71 Å². The lowest BCUT2D eigenvalue weighted by Gasteiger charge is -2.10. The van der Waals surface area contributed by atoms with Gasteiger partial charge in [0, 0.05) is 0 Å². The Bertz CT molecular complexity index is 738. The molecule has 0 aliphatic carbocycles. The maximum Gasteiger partial charge on any atom is 0.381 e. The Morgan fingerprint density at radius 1 is 1.40 bits per heavy atom. The number of aromatic nitrogens is 2. The molecule has 0 amide bonds. The number of nitro groups is 1. The zero-order valence-corrected chi connectivity index (χ0v) is 11.4. The number of sulfonamides is 1. The molecule has 0 spiro atoms. The minimum Gasteiger partial charge on any atom is -0.358 e. The summed E-state index contributed by atoms with van der Waals surface area (Å²) in [5.41, 5.74) is 1.12. The highest BCUT2D eigenvalue weighted by Gasteiger charge is 2.12. The molecule has 1 heterocycles. The number of nitrogens with zero attached hydrogens (tertiary/aromatic N) is 3. The maximum atomic E-state index is 11.3. The summed E-state index contributed by atoms with van der Waals surface area (Å²) < 4.78 is 26.5. The minimum atomic E-state index is -3.38. The molecule has 0 unspecified atom stereocenters. The molecule has 9 heteroatoms. The molecule has 2 aromatic rings. The van der Waals surface area contributed by atoms with Crippen LogP contribution >= 0.6 is 0 Å². The van der Waals surface area contributed by atoms with Crippen LogP contribution in [0, 0.1) is 10.1 Å². The predicted octanol–water partition coefficient (Wildman–Crippen LogP) is 1.21. The van der Waals surface area contributed by atoms with Crippen molar-refractivity contribution in [3.8, 4) is 0 Å². The van der Waals surface area contributed by atoms with Crippen molar-refractivity contribution in [2.75, 3.05) is 11.0 Å². The van der Waals surface area contributed by atoms with Gasteiger partial charge in [-0.1, -0.05) is 18.2 Å². The summed E-state index contributed by atoms with van der Waals surface area (Å²) in [5.74, 6) is -0.251. The van der Waals surface area contributed by atoms with Crippen molar-refractivity contribution >= 4 is 21.5 Å². The highest BCUT2D eigenvalue weighted by Crippen LogP contribution is 2.18. The van der Waals surface area contributed by atoms with Crippen molar-refractivity contribution in [2.45, 2.75) is 6.54 Å². The van der Waals surface area contributed by atoms with Gasteiger partial charge in [0.05, 0.1) is 18.5 Å². The molecule has 1 aromatic carbocycles. The Morgan fingerprint density at radius 2 is 2.10 bits per heavy atom. The van der Waals surface area contributed by atoms with Crippen molar-refractivity contribution in [2.24, 2.45) is 0 Å². The van der Waals surface area contributed by atoms with E-state index in [9.17, 15) is 18.5 Å². The number of imidazole rings is 1. The Balaban J connectivity index is 2.26. The number of para-hydroxylation sites is 1. The van der Waals surface area contributed by atoms with E-state index >= 15 is 0 Å². The largest absolute Gasteiger partial charge is 0.381 e. The number of hydrogen-bond acceptors (Lipinski definition) is 5. The zero-order valence-electron chi connectivity index (χ0n) is 10.6. The van der Waals surface area contributed by atoms with Gasteiger partial charge in [-0.2, -0.15) is 0 Å². The molecule has 0 aliphatic heterocycles. The van der Waals surface area contributed by atoms with Gasteiger partial charge in [-0.15, -0.1) is 0 Å². The Labute approximate surface area is 115 Å².